The van der Waals surface area contributed by atoms with Gasteiger partial charge in [0.1, 0.15) is 68.5 Å². The van der Waals surface area contributed by atoms with Crippen molar-refractivity contribution in [2.75, 3.05) is 0 Å². The minimum absolute atomic E-state index is 0.0208. The van der Waals surface area contributed by atoms with Crippen LogP contribution in [-0.4, -0.2) is 67.9 Å². The molecule has 3 aromatic rings. The molecule has 0 aromatic heterocycles. The number of benzene rings is 3. The van der Waals surface area contributed by atoms with Crippen LogP contribution in [0.15, 0.2) is 30.3 Å². The molecule has 3 aromatic carbocycles. The van der Waals surface area contributed by atoms with Crippen LogP contribution in [0.25, 0.3) is 22.3 Å². The zero-order valence-corrected chi connectivity index (χ0v) is 14.5. The summed E-state index contributed by atoms with van der Waals surface area (Å²) in [6.45, 7) is 0. The summed E-state index contributed by atoms with van der Waals surface area (Å²) in [5.74, 6) is -0.331. The van der Waals surface area contributed by atoms with E-state index in [1.54, 1.807) is 12.1 Å². The number of rotatable bonds is 2. The number of phenols is 1. The van der Waals surface area contributed by atoms with E-state index in [9.17, 15) is 5.11 Å². The monoisotopic (exact) mass is 326 g/mol. The number of aromatic hydroxyl groups is 1. The SMILES string of the molecule is [B]c1c([B])c([B])c(-c2c([B])c([B])c(-c3ccccc3)c([B])c2O)c([B])c1[B]. The van der Waals surface area contributed by atoms with Crippen LogP contribution >= 0.6 is 0 Å². The molecule has 108 valence electrons. The second-order valence-corrected chi connectivity index (χ2v) is 6.15. The minimum atomic E-state index is -0.331. The summed E-state index contributed by atoms with van der Waals surface area (Å²) in [4.78, 5) is 0. The molecule has 0 spiro atoms. The third kappa shape index (κ3) is 3.02. The number of hydrogen-bond acceptors (Lipinski definition) is 1. The molecule has 0 heterocycles. The van der Waals surface area contributed by atoms with E-state index >= 15 is 0 Å². The van der Waals surface area contributed by atoms with Gasteiger partial charge in [-0.25, -0.2) is 0 Å². The first-order valence-corrected chi connectivity index (χ1v) is 7.94. The lowest BCUT2D eigenvalue weighted by molar-refractivity contribution is 0.482. The molecule has 0 saturated heterocycles. The molecule has 0 unspecified atom stereocenters. The van der Waals surface area contributed by atoms with Crippen LogP contribution in [-0.2, 0) is 0 Å². The van der Waals surface area contributed by atoms with Gasteiger partial charge in [-0.2, -0.15) is 0 Å². The molecule has 27 heavy (non-hydrogen) atoms. The second-order valence-electron chi connectivity index (χ2n) is 6.15. The lowest BCUT2D eigenvalue weighted by atomic mass is 9.58. The summed E-state index contributed by atoms with van der Waals surface area (Å²) >= 11 is 0. The molecular weight excluding hydrogens is 319 g/mol. The molecule has 0 aliphatic rings. The van der Waals surface area contributed by atoms with Crippen LogP contribution in [0.1, 0.15) is 0 Å². The topological polar surface area (TPSA) is 20.2 Å². The van der Waals surface area contributed by atoms with Gasteiger partial charge in [-0.3, -0.25) is 0 Å². The van der Waals surface area contributed by atoms with Gasteiger partial charge in [0.15, 0.2) is 0 Å². The van der Waals surface area contributed by atoms with Crippen molar-refractivity contribution in [2.45, 2.75) is 0 Å². The highest BCUT2D eigenvalue weighted by atomic mass is 16.3. The fourth-order valence-corrected chi connectivity index (χ4v) is 3.08. The molecule has 9 heteroatoms. The molecule has 16 radical (unpaired) electrons. The van der Waals surface area contributed by atoms with Gasteiger partial charge in [0.2, 0.25) is 0 Å². The highest BCUT2D eigenvalue weighted by Crippen LogP contribution is 2.25. The van der Waals surface area contributed by atoms with Crippen LogP contribution in [0.2, 0.25) is 0 Å². The average Bonchev–Trinajstić information content (AvgIpc) is 2.67. The van der Waals surface area contributed by atoms with Crippen LogP contribution in [0.4, 0.5) is 0 Å². The van der Waals surface area contributed by atoms with Gasteiger partial charge in [0.05, 0.1) is 0 Å². The van der Waals surface area contributed by atoms with Crippen molar-refractivity contribution in [3.63, 3.8) is 0 Å². The largest absolute Gasteiger partial charge is 0.508 e. The first kappa shape index (κ1) is 19.7. The molecule has 1 N–H and O–H groups in total. The van der Waals surface area contributed by atoms with Gasteiger partial charge < -0.3 is 5.11 Å². The minimum Gasteiger partial charge on any atom is -0.508 e. The highest BCUT2D eigenvalue weighted by molar-refractivity contribution is 6.69. The van der Waals surface area contributed by atoms with E-state index in [2.05, 4.69) is 0 Å². The molecular formula is C18H6B8O. The molecule has 0 saturated carbocycles. The fraction of sp³-hybridized carbons (Fsp3) is 0. The zero-order chi connectivity index (χ0) is 20.0. The Hall–Kier alpha value is -2.02. The fourth-order valence-electron chi connectivity index (χ4n) is 3.08. The van der Waals surface area contributed by atoms with Crippen molar-refractivity contribution in [3.05, 3.63) is 30.3 Å². The quantitative estimate of drug-likeness (QED) is 0.469. The van der Waals surface area contributed by atoms with Crippen molar-refractivity contribution < 1.29 is 5.11 Å². The summed E-state index contributed by atoms with van der Waals surface area (Å²) in [5.41, 5.74) is 1.66. The molecule has 0 amide bonds. The van der Waals surface area contributed by atoms with Crippen LogP contribution in [0, 0.1) is 0 Å². The molecule has 0 bridgehead atoms. The highest BCUT2D eigenvalue weighted by Gasteiger charge is 2.21. The Balaban J connectivity index is 2.42. The maximum Gasteiger partial charge on any atom is 0.119 e. The van der Waals surface area contributed by atoms with Gasteiger partial charge in [0, 0.05) is 5.56 Å². The van der Waals surface area contributed by atoms with Gasteiger partial charge in [-0.15, -0.1) is 16.4 Å². The Kier molecular flexibility index (Phi) is 5.25. The van der Waals surface area contributed by atoms with Crippen molar-refractivity contribution in [1.82, 2.24) is 0 Å². The Morgan fingerprint density at radius 1 is 0.444 bits per heavy atom. The molecule has 0 atom stereocenters. The normalized spacial score (nSPS) is 10.8. The van der Waals surface area contributed by atoms with Crippen LogP contribution in [0.3, 0.4) is 0 Å². The molecule has 0 aliphatic carbocycles. The molecule has 3 rings (SSSR count). The standard InChI is InChI=1S/C18H6B8O/c19-10-7(6-4-2-1-3-5-6)14(23)18(27)9(13(10)22)8-11(20)15(24)17(26)16(25)12(8)21/h1-5,27H. The summed E-state index contributed by atoms with van der Waals surface area (Å²) in [6.07, 6.45) is 0. The van der Waals surface area contributed by atoms with Crippen molar-refractivity contribution in [2.24, 2.45) is 0 Å². The summed E-state index contributed by atoms with van der Waals surface area (Å²) in [5, 5.41) is 10.8. The third-order valence-electron chi connectivity index (χ3n) is 4.60. The first-order valence-electron chi connectivity index (χ1n) is 7.94. The Labute approximate surface area is 170 Å². The van der Waals surface area contributed by atoms with E-state index in [1.165, 1.54) is 0 Å². The molecule has 0 aliphatic heterocycles. The maximum absolute atomic E-state index is 10.8. The van der Waals surface area contributed by atoms with Gasteiger partial charge in [-0.05, 0) is 22.2 Å². The van der Waals surface area contributed by atoms with E-state index in [4.69, 9.17) is 62.8 Å². The van der Waals surface area contributed by atoms with Crippen LogP contribution < -0.4 is 43.7 Å². The number of hydrogen-bond donors (Lipinski definition) is 1. The van der Waals surface area contributed by atoms with Crippen molar-refractivity contribution >= 4 is 106 Å². The molecule has 0 fully saturated rings. The van der Waals surface area contributed by atoms with Crippen molar-refractivity contribution in [3.8, 4) is 28.0 Å². The third-order valence-corrected chi connectivity index (χ3v) is 4.60. The summed E-state index contributed by atoms with van der Waals surface area (Å²) in [7, 11) is 48.5. The smallest absolute Gasteiger partial charge is 0.119 e. The van der Waals surface area contributed by atoms with Gasteiger partial charge in [0.25, 0.3) is 0 Å². The number of phenolic OH excluding ortho intramolecular Hbond substituents is 1. The van der Waals surface area contributed by atoms with E-state index in [0.717, 1.165) is 0 Å². The Morgan fingerprint density at radius 2 is 0.852 bits per heavy atom. The van der Waals surface area contributed by atoms with Gasteiger partial charge >= 0.3 is 0 Å². The van der Waals surface area contributed by atoms with E-state index < -0.39 is 0 Å². The maximum atomic E-state index is 10.8. The summed E-state index contributed by atoms with van der Waals surface area (Å²) in [6, 6.07) is 9.05. The van der Waals surface area contributed by atoms with Gasteiger partial charge in [-0.1, -0.05) is 52.2 Å². The second kappa shape index (κ2) is 7.19. The lowest BCUT2D eigenvalue weighted by Crippen LogP contribution is -2.55. The van der Waals surface area contributed by atoms with E-state index in [0.29, 0.717) is 11.1 Å². The first-order chi connectivity index (χ1) is 12.7. The van der Waals surface area contributed by atoms with E-state index in [1.807, 2.05) is 18.2 Å². The predicted octanol–water partition coefficient (Wildman–Crippen LogP) is -4.92. The summed E-state index contributed by atoms with van der Waals surface area (Å²) < 4.78 is 0. The molecule has 1 nitrogen and oxygen atoms in total. The average molecular weight is 325 g/mol. The van der Waals surface area contributed by atoms with Crippen LogP contribution in [0.5, 0.6) is 5.75 Å². The Morgan fingerprint density at radius 3 is 1.37 bits per heavy atom. The lowest BCUT2D eigenvalue weighted by Gasteiger charge is -2.26. The predicted molar refractivity (Wildman–Crippen MR) is 122 cm³/mol. The zero-order valence-electron chi connectivity index (χ0n) is 14.5. The Bertz CT molecular complexity index is 1010. The van der Waals surface area contributed by atoms with Crippen molar-refractivity contribution in [1.29, 1.82) is 0 Å². The van der Waals surface area contributed by atoms with E-state index in [-0.39, 0.29) is 60.6 Å².